The second kappa shape index (κ2) is 6.32. The van der Waals surface area contributed by atoms with Crippen LogP contribution in [0.15, 0.2) is 24.3 Å². The van der Waals surface area contributed by atoms with Gasteiger partial charge in [0.2, 0.25) is 0 Å². The molecule has 0 aliphatic heterocycles. The fraction of sp³-hybridized carbons (Fsp3) is 0.500. The minimum absolute atomic E-state index is 0.0358. The number of nitro benzene ring substituents is 1. The second-order valence-electron chi connectivity index (χ2n) is 4.17. The lowest BCUT2D eigenvalue weighted by molar-refractivity contribution is -0.384. The Morgan fingerprint density at radius 2 is 2.18 bits per heavy atom. The van der Waals surface area contributed by atoms with E-state index in [1.807, 2.05) is 13.0 Å². The Labute approximate surface area is 101 Å². The van der Waals surface area contributed by atoms with E-state index in [2.05, 4.69) is 5.32 Å². The Bertz CT molecular complexity index is 380. The molecule has 17 heavy (non-hydrogen) atoms. The van der Waals surface area contributed by atoms with Gasteiger partial charge in [-0.25, -0.2) is 0 Å². The van der Waals surface area contributed by atoms with Crippen LogP contribution in [0.2, 0.25) is 0 Å². The molecule has 0 heterocycles. The van der Waals surface area contributed by atoms with E-state index < -0.39 is 4.92 Å². The molecule has 94 valence electrons. The van der Waals surface area contributed by atoms with E-state index in [0.29, 0.717) is 13.0 Å². The van der Waals surface area contributed by atoms with Crippen molar-refractivity contribution < 1.29 is 10.0 Å². The molecule has 0 radical (unpaired) electrons. The number of nitrogens with one attached hydrogen (secondary N) is 1. The van der Waals surface area contributed by atoms with Crippen molar-refractivity contribution in [1.29, 1.82) is 0 Å². The number of hydrogen-bond donors (Lipinski definition) is 2. The van der Waals surface area contributed by atoms with Crippen molar-refractivity contribution in [1.82, 2.24) is 5.32 Å². The predicted molar refractivity (Wildman–Crippen MR) is 65.8 cm³/mol. The van der Waals surface area contributed by atoms with Crippen molar-refractivity contribution in [2.45, 2.75) is 32.4 Å². The summed E-state index contributed by atoms with van der Waals surface area (Å²) in [6.45, 7) is 4.36. The van der Waals surface area contributed by atoms with Crippen LogP contribution >= 0.6 is 0 Å². The zero-order valence-corrected chi connectivity index (χ0v) is 10.1. The Kier molecular flexibility index (Phi) is 5.06. The molecule has 0 bridgehead atoms. The van der Waals surface area contributed by atoms with Crippen molar-refractivity contribution in [3.8, 4) is 0 Å². The summed E-state index contributed by atoms with van der Waals surface area (Å²) in [6, 6.07) is 6.62. The van der Waals surface area contributed by atoms with Gasteiger partial charge in [0.15, 0.2) is 0 Å². The van der Waals surface area contributed by atoms with Crippen molar-refractivity contribution >= 4 is 5.69 Å². The minimum Gasteiger partial charge on any atom is -0.393 e. The van der Waals surface area contributed by atoms with Gasteiger partial charge in [-0.3, -0.25) is 10.1 Å². The molecule has 5 nitrogen and oxygen atoms in total. The van der Waals surface area contributed by atoms with Crippen molar-refractivity contribution in [2.24, 2.45) is 0 Å². The molecule has 0 aliphatic carbocycles. The Hall–Kier alpha value is -1.46. The fourth-order valence-corrected chi connectivity index (χ4v) is 1.53. The molecule has 1 rings (SSSR count). The van der Waals surface area contributed by atoms with Crippen LogP contribution in [0.25, 0.3) is 0 Å². The normalized spacial score (nSPS) is 14.3. The first-order chi connectivity index (χ1) is 8.00. The third-order valence-corrected chi connectivity index (χ3v) is 2.59. The van der Waals surface area contributed by atoms with E-state index in [4.69, 9.17) is 5.11 Å². The highest BCUT2D eigenvalue weighted by molar-refractivity contribution is 5.35. The number of aliphatic hydroxyl groups is 1. The monoisotopic (exact) mass is 238 g/mol. The molecule has 5 heteroatoms. The Balaban J connectivity index is 2.59. The summed E-state index contributed by atoms with van der Waals surface area (Å²) in [4.78, 5) is 10.2. The van der Waals surface area contributed by atoms with E-state index in [-0.39, 0.29) is 17.8 Å². The summed E-state index contributed by atoms with van der Waals surface area (Å²) in [7, 11) is 0. The van der Waals surface area contributed by atoms with Gasteiger partial charge in [-0.1, -0.05) is 12.1 Å². The average Bonchev–Trinajstić information content (AvgIpc) is 2.28. The Morgan fingerprint density at radius 3 is 2.76 bits per heavy atom. The SMILES string of the molecule is CC(O)CCNC(C)c1cccc([N+](=O)[O-])c1. The number of aliphatic hydroxyl groups excluding tert-OH is 1. The molecule has 2 N–H and O–H groups in total. The first kappa shape index (κ1) is 13.6. The molecular formula is C12H18N2O3. The lowest BCUT2D eigenvalue weighted by atomic mass is 10.1. The molecule has 0 fully saturated rings. The maximum absolute atomic E-state index is 10.6. The van der Waals surface area contributed by atoms with Gasteiger partial charge >= 0.3 is 0 Å². The van der Waals surface area contributed by atoms with Crippen LogP contribution in [0, 0.1) is 10.1 Å². The number of rotatable bonds is 6. The highest BCUT2D eigenvalue weighted by Gasteiger charge is 2.10. The van der Waals surface area contributed by atoms with Gasteiger partial charge in [-0.15, -0.1) is 0 Å². The summed E-state index contributed by atoms with van der Waals surface area (Å²) in [5, 5.41) is 23.0. The largest absolute Gasteiger partial charge is 0.393 e. The topological polar surface area (TPSA) is 75.4 Å². The summed E-state index contributed by atoms with van der Waals surface area (Å²) in [5.41, 5.74) is 0.983. The number of benzene rings is 1. The molecule has 0 saturated carbocycles. The van der Waals surface area contributed by atoms with Crippen LogP contribution in [-0.4, -0.2) is 22.7 Å². The van der Waals surface area contributed by atoms with Gasteiger partial charge < -0.3 is 10.4 Å². The molecule has 2 unspecified atom stereocenters. The molecule has 0 saturated heterocycles. The Morgan fingerprint density at radius 1 is 1.47 bits per heavy atom. The minimum atomic E-state index is -0.397. The molecule has 0 spiro atoms. The summed E-state index contributed by atoms with van der Waals surface area (Å²) >= 11 is 0. The molecule has 1 aromatic rings. The van der Waals surface area contributed by atoms with E-state index in [1.165, 1.54) is 6.07 Å². The van der Waals surface area contributed by atoms with Crippen molar-refractivity contribution in [3.63, 3.8) is 0 Å². The van der Waals surface area contributed by atoms with Gasteiger partial charge in [0.1, 0.15) is 0 Å². The summed E-state index contributed by atoms with van der Waals surface area (Å²) in [6.07, 6.45) is 0.332. The smallest absolute Gasteiger partial charge is 0.269 e. The van der Waals surface area contributed by atoms with Gasteiger partial charge in [-0.05, 0) is 32.4 Å². The van der Waals surface area contributed by atoms with Gasteiger partial charge in [-0.2, -0.15) is 0 Å². The van der Waals surface area contributed by atoms with Crippen LogP contribution in [0.4, 0.5) is 5.69 Å². The van der Waals surface area contributed by atoms with Crippen LogP contribution in [-0.2, 0) is 0 Å². The molecular weight excluding hydrogens is 220 g/mol. The van der Waals surface area contributed by atoms with Crippen LogP contribution in [0.1, 0.15) is 31.9 Å². The summed E-state index contributed by atoms with van der Waals surface area (Å²) < 4.78 is 0. The maximum Gasteiger partial charge on any atom is 0.269 e. The molecule has 0 aromatic heterocycles. The van der Waals surface area contributed by atoms with Crippen molar-refractivity contribution in [2.75, 3.05) is 6.54 Å². The van der Waals surface area contributed by atoms with E-state index in [9.17, 15) is 10.1 Å². The van der Waals surface area contributed by atoms with Crippen LogP contribution < -0.4 is 5.32 Å². The summed E-state index contributed by atoms with van der Waals surface area (Å²) in [5.74, 6) is 0. The van der Waals surface area contributed by atoms with E-state index in [1.54, 1.807) is 19.1 Å². The maximum atomic E-state index is 10.6. The fourth-order valence-electron chi connectivity index (χ4n) is 1.53. The standard InChI is InChI=1S/C12H18N2O3/c1-9(15)6-7-13-10(2)11-4-3-5-12(8-11)14(16)17/h3-5,8-10,13,15H,6-7H2,1-2H3. The second-order valence-corrected chi connectivity index (χ2v) is 4.17. The number of hydrogen-bond acceptors (Lipinski definition) is 4. The van der Waals surface area contributed by atoms with Crippen molar-refractivity contribution in [3.05, 3.63) is 39.9 Å². The zero-order chi connectivity index (χ0) is 12.8. The lowest BCUT2D eigenvalue weighted by Gasteiger charge is -2.14. The molecule has 0 amide bonds. The number of nitro groups is 1. The first-order valence-electron chi connectivity index (χ1n) is 5.66. The highest BCUT2D eigenvalue weighted by Crippen LogP contribution is 2.18. The molecule has 2 atom stereocenters. The van der Waals surface area contributed by atoms with E-state index >= 15 is 0 Å². The van der Waals surface area contributed by atoms with Crippen LogP contribution in [0.3, 0.4) is 0 Å². The quantitative estimate of drug-likeness (QED) is 0.587. The zero-order valence-electron chi connectivity index (χ0n) is 10.1. The van der Waals surface area contributed by atoms with E-state index in [0.717, 1.165) is 5.56 Å². The third kappa shape index (κ3) is 4.50. The predicted octanol–water partition coefficient (Wildman–Crippen LogP) is 2.02. The molecule has 1 aromatic carbocycles. The first-order valence-corrected chi connectivity index (χ1v) is 5.66. The van der Waals surface area contributed by atoms with Gasteiger partial charge in [0.05, 0.1) is 11.0 Å². The lowest BCUT2D eigenvalue weighted by Crippen LogP contribution is -2.22. The van der Waals surface area contributed by atoms with Crippen LogP contribution in [0.5, 0.6) is 0 Å². The molecule has 0 aliphatic rings. The number of nitrogens with zero attached hydrogens (tertiary/aromatic N) is 1. The van der Waals surface area contributed by atoms with Gasteiger partial charge in [0, 0.05) is 18.2 Å². The highest BCUT2D eigenvalue weighted by atomic mass is 16.6. The number of non-ortho nitro benzene ring substituents is 1. The van der Waals surface area contributed by atoms with Gasteiger partial charge in [0.25, 0.3) is 5.69 Å². The third-order valence-electron chi connectivity index (χ3n) is 2.59. The average molecular weight is 238 g/mol.